The van der Waals surface area contributed by atoms with Crippen molar-refractivity contribution in [2.24, 2.45) is 0 Å². The molecule has 8 nitrogen and oxygen atoms in total. The van der Waals surface area contributed by atoms with Crippen molar-refractivity contribution in [3.63, 3.8) is 0 Å². The number of aromatic nitrogens is 3. The Morgan fingerprint density at radius 1 is 1.07 bits per heavy atom. The molecule has 28 heavy (non-hydrogen) atoms. The van der Waals surface area contributed by atoms with Gasteiger partial charge in [-0.2, -0.15) is 5.10 Å². The molecule has 0 aliphatic carbocycles. The second-order valence-electron chi connectivity index (χ2n) is 8.92. The van der Waals surface area contributed by atoms with Crippen molar-refractivity contribution in [3.8, 4) is 11.4 Å². The second-order valence-corrected chi connectivity index (χ2v) is 8.92. The molecule has 0 bridgehead atoms. The third-order valence-corrected chi connectivity index (χ3v) is 4.17. The minimum atomic E-state index is -0.600. The van der Waals surface area contributed by atoms with E-state index in [2.05, 4.69) is 10.2 Å². The molecule has 2 aromatic heterocycles. The second kappa shape index (κ2) is 7.00. The summed E-state index contributed by atoms with van der Waals surface area (Å²) in [6.07, 6.45) is 1.48. The number of fused-ring (bicyclic) bond motifs is 1. The van der Waals surface area contributed by atoms with E-state index in [1.807, 2.05) is 47.6 Å². The maximum absolute atomic E-state index is 12.6. The van der Waals surface area contributed by atoms with Crippen LogP contribution in [0, 0.1) is 0 Å². The van der Waals surface area contributed by atoms with E-state index in [1.165, 1.54) is 4.57 Å². The van der Waals surface area contributed by atoms with Crippen molar-refractivity contribution >= 4 is 12.2 Å². The first-order valence-corrected chi connectivity index (χ1v) is 9.40. The van der Waals surface area contributed by atoms with Crippen LogP contribution < -0.4 is 0 Å². The number of nitrogens with zero attached hydrogens (tertiary/aromatic N) is 3. The van der Waals surface area contributed by atoms with Crippen LogP contribution >= 0.6 is 0 Å². The molecular weight excluding hydrogens is 360 g/mol. The van der Waals surface area contributed by atoms with Gasteiger partial charge in [-0.25, -0.2) is 9.59 Å². The Morgan fingerprint density at radius 2 is 1.71 bits per heavy atom. The minimum absolute atomic E-state index is 0.354. The molecule has 3 rings (SSSR count). The van der Waals surface area contributed by atoms with Gasteiger partial charge in [-0.15, -0.1) is 0 Å². The summed E-state index contributed by atoms with van der Waals surface area (Å²) in [6, 6.07) is 3.58. The van der Waals surface area contributed by atoms with E-state index < -0.39 is 17.3 Å². The van der Waals surface area contributed by atoms with Crippen LogP contribution in [0.3, 0.4) is 0 Å². The van der Waals surface area contributed by atoms with Gasteiger partial charge >= 0.3 is 12.2 Å². The highest BCUT2D eigenvalue weighted by atomic mass is 16.6. The van der Waals surface area contributed by atoms with E-state index in [4.69, 9.17) is 9.47 Å². The first-order chi connectivity index (χ1) is 12.9. The predicted molar refractivity (Wildman–Crippen MR) is 104 cm³/mol. The molecular formula is C20H28N4O4. The fourth-order valence-corrected chi connectivity index (χ4v) is 3.03. The average Bonchev–Trinajstić information content (AvgIpc) is 3.17. The van der Waals surface area contributed by atoms with E-state index in [9.17, 15) is 9.59 Å². The average molecular weight is 388 g/mol. The standard InChI is InChI=1S/C20H28N4O4/c1-19(2,3)27-17(25)23-11-9-14-13(12-23)16(22-21-14)15-8-7-10-24(15)18(26)28-20(4,5)6/h7-8,10H,9,11-12H2,1-6H3,(H,21,22). The summed E-state index contributed by atoms with van der Waals surface area (Å²) in [7, 11) is 0. The summed E-state index contributed by atoms with van der Waals surface area (Å²) in [5.74, 6) is 0. The van der Waals surface area contributed by atoms with Crippen molar-refractivity contribution in [1.82, 2.24) is 19.7 Å². The summed E-state index contributed by atoms with van der Waals surface area (Å²) in [5.41, 5.74) is 1.96. The quantitative estimate of drug-likeness (QED) is 0.799. The summed E-state index contributed by atoms with van der Waals surface area (Å²) in [4.78, 5) is 26.7. The molecule has 0 spiro atoms. The molecule has 8 heteroatoms. The van der Waals surface area contributed by atoms with Crippen LogP contribution in [0.5, 0.6) is 0 Å². The third-order valence-electron chi connectivity index (χ3n) is 4.17. The molecule has 1 aliphatic heterocycles. The Balaban J connectivity index is 1.87. The smallest absolute Gasteiger partial charge is 0.419 e. The van der Waals surface area contributed by atoms with Crippen LogP contribution in [0.15, 0.2) is 18.3 Å². The SMILES string of the molecule is CC(C)(C)OC(=O)N1CCc2[nH]nc(-c3cccn3C(=O)OC(C)(C)C)c2C1. The van der Waals surface area contributed by atoms with Crippen molar-refractivity contribution in [3.05, 3.63) is 29.6 Å². The molecule has 0 radical (unpaired) electrons. The van der Waals surface area contributed by atoms with E-state index in [0.717, 1.165) is 11.3 Å². The Kier molecular flexibility index (Phi) is 4.99. The zero-order chi connectivity index (χ0) is 20.7. The third kappa shape index (κ3) is 4.37. The lowest BCUT2D eigenvalue weighted by molar-refractivity contribution is 0.0223. The minimum Gasteiger partial charge on any atom is -0.444 e. The number of hydrogen-bond donors (Lipinski definition) is 1. The Morgan fingerprint density at radius 3 is 2.36 bits per heavy atom. The van der Waals surface area contributed by atoms with Gasteiger partial charge in [-0.05, 0) is 53.7 Å². The van der Waals surface area contributed by atoms with E-state index in [-0.39, 0.29) is 6.09 Å². The summed E-state index contributed by atoms with van der Waals surface area (Å²) in [6.45, 7) is 11.9. The molecule has 152 valence electrons. The van der Waals surface area contributed by atoms with Crippen LogP contribution in [0.25, 0.3) is 11.4 Å². The number of aromatic amines is 1. The Labute approximate surface area is 164 Å². The van der Waals surface area contributed by atoms with Crippen LogP contribution in [-0.4, -0.2) is 49.6 Å². The monoisotopic (exact) mass is 388 g/mol. The lowest BCUT2D eigenvalue weighted by atomic mass is 10.0. The molecule has 0 atom stereocenters. The van der Waals surface area contributed by atoms with Gasteiger partial charge in [0.2, 0.25) is 0 Å². The number of carbonyl (C=O) groups excluding carboxylic acids is 2. The van der Waals surface area contributed by atoms with E-state index in [1.54, 1.807) is 17.2 Å². The fourth-order valence-electron chi connectivity index (χ4n) is 3.03. The maximum atomic E-state index is 12.6. The highest BCUT2D eigenvalue weighted by Crippen LogP contribution is 2.30. The van der Waals surface area contributed by atoms with Gasteiger partial charge in [0.05, 0.1) is 12.2 Å². The molecule has 0 fully saturated rings. The van der Waals surface area contributed by atoms with Gasteiger partial charge in [0.1, 0.15) is 16.9 Å². The molecule has 0 saturated heterocycles. The number of nitrogens with one attached hydrogen (secondary N) is 1. The number of hydrogen-bond acceptors (Lipinski definition) is 5. The first kappa shape index (κ1) is 20.0. The lowest BCUT2D eigenvalue weighted by Crippen LogP contribution is -2.39. The van der Waals surface area contributed by atoms with Gasteiger partial charge in [-0.3, -0.25) is 9.67 Å². The van der Waals surface area contributed by atoms with Crippen LogP contribution in [-0.2, 0) is 22.4 Å². The van der Waals surface area contributed by atoms with Gasteiger partial charge in [0.15, 0.2) is 0 Å². The Hall–Kier alpha value is -2.77. The lowest BCUT2D eigenvalue weighted by Gasteiger charge is -2.30. The van der Waals surface area contributed by atoms with Crippen molar-refractivity contribution in [2.75, 3.05) is 6.54 Å². The predicted octanol–water partition coefficient (Wildman–Crippen LogP) is 3.95. The largest absolute Gasteiger partial charge is 0.444 e. The van der Waals surface area contributed by atoms with Crippen LogP contribution in [0.2, 0.25) is 0 Å². The number of carbonyl (C=O) groups is 2. The zero-order valence-electron chi connectivity index (χ0n) is 17.3. The highest BCUT2D eigenvalue weighted by Gasteiger charge is 2.30. The summed E-state index contributed by atoms with van der Waals surface area (Å²) < 4.78 is 12.4. The first-order valence-electron chi connectivity index (χ1n) is 9.40. The van der Waals surface area contributed by atoms with Gasteiger partial charge < -0.3 is 14.4 Å². The molecule has 0 aromatic carbocycles. The normalized spacial score (nSPS) is 14.6. The molecule has 1 N–H and O–H groups in total. The van der Waals surface area contributed by atoms with E-state index in [0.29, 0.717) is 30.9 Å². The van der Waals surface area contributed by atoms with Crippen LogP contribution in [0.1, 0.15) is 52.8 Å². The molecule has 1 aliphatic rings. The molecule has 1 amide bonds. The fraction of sp³-hybridized carbons (Fsp3) is 0.550. The highest BCUT2D eigenvalue weighted by molar-refractivity contribution is 5.79. The molecule has 0 unspecified atom stereocenters. The van der Waals surface area contributed by atoms with Gasteiger partial charge in [0, 0.05) is 30.4 Å². The summed E-state index contributed by atoms with van der Waals surface area (Å²) >= 11 is 0. The number of ether oxygens (including phenoxy) is 2. The molecule has 3 heterocycles. The van der Waals surface area contributed by atoms with Gasteiger partial charge in [0.25, 0.3) is 0 Å². The van der Waals surface area contributed by atoms with Gasteiger partial charge in [-0.1, -0.05) is 0 Å². The van der Waals surface area contributed by atoms with Crippen molar-refractivity contribution in [1.29, 1.82) is 0 Å². The van der Waals surface area contributed by atoms with Crippen molar-refractivity contribution < 1.29 is 19.1 Å². The number of rotatable bonds is 1. The van der Waals surface area contributed by atoms with Crippen LogP contribution in [0.4, 0.5) is 9.59 Å². The van der Waals surface area contributed by atoms with E-state index >= 15 is 0 Å². The zero-order valence-corrected chi connectivity index (χ0v) is 17.3. The Bertz CT molecular complexity index is 883. The molecule has 2 aromatic rings. The molecule has 0 saturated carbocycles. The number of H-pyrrole nitrogens is 1. The number of amides is 1. The maximum Gasteiger partial charge on any atom is 0.419 e. The van der Waals surface area contributed by atoms with Crippen molar-refractivity contribution in [2.45, 2.75) is 65.7 Å². The summed E-state index contributed by atoms with van der Waals surface area (Å²) in [5, 5.41) is 7.46. The topological polar surface area (TPSA) is 89.5 Å².